The van der Waals surface area contributed by atoms with Gasteiger partial charge in [-0.1, -0.05) is 37.3 Å². The normalized spacial score (nSPS) is 12.2. The van der Waals surface area contributed by atoms with Crippen molar-refractivity contribution in [2.75, 3.05) is 23.0 Å². The fourth-order valence-electron chi connectivity index (χ4n) is 2.90. The third-order valence-electron chi connectivity index (χ3n) is 4.68. The van der Waals surface area contributed by atoms with E-state index in [2.05, 4.69) is 25.9 Å². The Morgan fingerprint density at radius 2 is 2.03 bits per heavy atom. The third-order valence-corrected chi connectivity index (χ3v) is 4.68. The first-order valence-corrected chi connectivity index (χ1v) is 10.2. The molecule has 0 bridgehead atoms. The van der Waals surface area contributed by atoms with Crippen LogP contribution in [0.2, 0.25) is 0 Å². The van der Waals surface area contributed by atoms with E-state index in [9.17, 15) is 9.18 Å². The summed E-state index contributed by atoms with van der Waals surface area (Å²) in [6.07, 6.45) is 8.35. The van der Waals surface area contributed by atoms with Crippen LogP contribution in [0.15, 0.2) is 70.2 Å². The van der Waals surface area contributed by atoms with Crippen LogP contribution in [0, 0.1) is 12.7 Å². The molecule has 0 aliphatic heterocycles. The average Bonchev–Trinajstić information content (AvgIpc) is 3.24. The SMILES string of the molecule is CN=CC/C=C\C(C)c1cnc(Nc2cc(NC(=O)Nc3ccccc3F)ccc2C)o1. The largest absolute Gasteiger partial charge is 0.428 e. The molecule has 1 aromatic heterocycles. The van der Waals surface area contributed by atoms with E-state index in [-0.39, 0.29) is 11.6 Å². The zero-order valence-corrected chi connectivity index (χ0v) is 18.2. The lowest BCUT2D eigenvalue weighted by atomic mass is 10.1. The minimum atomic E-state index is -0.544. The van der Waals surface area contributed by atoms with Crippen LogP contribution in [0.4, 0.5) is 32.3 Å². The number of allylic oxidation sites excluding steroid dienone is 2. The van der Waals surface area contributed by atoms with Crippen molar-refractivity contribution < 1.29 is 13.6 Å². The molecule has 0 aliphatic rings. The van der Waals surface area contributed by atoms with Gasteiger partial charge in [-0.25, -0.2) is 14.2 Å². The van der Waals surface area contributed by atoms with Crippen LogP contribution in [0.5, 0.6) is 0 Å². The minimum Gasteiger partial charge on any atom is -0.428 e. The molecule has 3 rings (SSSR count). The van der Waals surface area contributed by atoms with E-state index >= 15 is 0 Å². The van der Waals surface area contributed by atoms with E-state index in [4.69, 9.17) is 4.42 Å². The highest BCUT2D eigenvalue weighted by Crippen LogP contribution is 2.26. The number of carbonyl (C=O) groups is 1. The number of carbonyl (C=O) groups excluding carboxylic acids is 1. The highest BCUT2D eigenvalue weighted by molar-refractivity contribution is 6.00. The van der Waals surface area contributed by atoms with E-state index in [0.29, 0.717) is 11.7 Å². The maximum absolute atomic E-state index is 13.7. The number of urea groups is 1. The van der Waals surface area contributed by atoms with Crippen molar-refractivity contribution in [1.29, 1.82) is 0 Å². The summed E-state index contributed by atoms with van der Waals surface area (Å²) in [7, 11) is 1.74. The Morgan fingerprint density at radius 3 is 2.81 bits per heavy atom. The number of hydrogen-bond acceptors (Lipinski definition) is 5. The Morgan fingerprint density at radius 1 is 1.22 bits per heavy atom. The summed E-state index contributed by atoms with van der Waals surface area (Å²) < 4.78 is 19.6. The summed E-state index contributed by atoms with van der Waals surface area (Å²) in [6.45, 7) is 3.95. The molecular weight excluding hydrogens is 409 g/mol. The predicted octanol–water partition coefficient (Wildman–Crippen LogP) is 6.26. The Kier molecular flexibility index (Phi) is 7.75. The van der Waals surface area contributed by atoms with Gasteiger partial charge in [0, 0.05) is 37.0 Å². The molecule has 166 valence electrons. The number of nitrogens with one attached hydrogen (secondary N) is 3. The van der Waals surface area contributed by atoms with Gasteiger partial charge in [-0.3, -0.25) is 0 Å². The summed E-state index contributed by atoms with van der Waals surface area (Å²) in [5, 5.41) is 8.33. The minimum absolute atomic E-state index is 0.0690. The van der Waals surface area contributed by atoms with E-state index in [1.165, 1.54) is 12.1 Å². The number of halogens is 1. The number of amides is 2. The van der Waals surface area contributed by atoms with Gasteiger partial charge >= 0.3 is 6.03 Å². The van der Waals surface area contributed by atoms with Crippen molar-refractivity contribution in [1.82, 2.24) is 4.98 Å². The molecule has 0 fully saturated rings. The molecule has 0 radical (unpaired) electrons. The molecule has 2 amide bonds. The number of anilines is 4. The van der Waals surface area contributed by atoms with Gasteiger partial charge in [-0.05, 0) is 36.8 Å². The number of benzene rings is 2. The Hall–Kier alpha value is -3.94. The van der Waals surface area contributed by atoms with Gasteiger partial charge in [0.1, 0.15) is 11.6 Å². The second-order valence-corrected chi connectivity index (χ2v) is 7.17. The molecular formula is C24H26FN5O2. The van der Waals surface area contributed by atoms with E-state index in [1.807, 2.05) is 38.3 Å². The standard InChI is InChI=1S/C24H26FN5O2/c1-16-11-12-18(28-23(31)29-20-10-5-4-9-19(20)25)14-21(16)30-24-27-15-22(32-24)17(2)8-6-7-13-26-3/h4-6,8-15,17H,7H2,1-3H3,(H,27,30)(H2,28,29,31)/b8-6-,26-13?. The number of aromatic nitrogens is 1. The quantitative estimate of drug-likeness (QED) is 0.288. The van der Waals surface area contributed by atoms with Crippen molar-refractivity contribution in [2.24, 2.45) is 4.99 Å². The van der Waals surface area contributed by atoms with Crippen molar-refractivity contribution in [2.45, 2.75) is 26.2 Å². The highest BCUT2D eigenvalue weighted by Gasteiger charge is 2.12. The smallest absolute Gasteiger partial charge is 0.323 e. The molecule has 7 nitrogen and oxygen atoms in total. The number of aliphatic imine (C=N–C) groups is 1. The Bertz CT molecular complexity index is 1120. The van der Waals surface area contributed by atoms with Crippen molar-refractivity contribution in [3.05, 3.63) is 78.0 Å². The number of para-hydroxylation sites is 1. The molecule has 0 spiro atoms. The van der Waals surface area contributed by atoms with Gasteiger partial charge in [0.15, 0.2) is 0 Å². The first-order valence-electron chi connectivity index (χ1n) is 10.2. The fraction of sp³-hybridized carbons (Fsp3) is 0.208. The van der Waals surface area contributed by atoms with Gasteiger partial charge in [0.05, 0.1) is 11.9 Å². The average molecular weight is 436 g/mol. The molecule has 1 unspecified atom stereocenters. The maximum Gasteiger partial charge on any atom is 0.323 e. The lowest BCUT2D eigenvalue weighted by Crippen LogP contribution is -2.20. The number of nitrogens with zero attached hydrogens (tertiary/aromatic N) is 2. The first-order chi connectivity index (χ1) is 15.5. The monoisotopic (exact) mass is 435 g/mol. The molecule has 2 aromatic carbocycles. The molecule has 8 heteroatoms. The van der Waals surface area contributed by atoms with Crippen molar-refractivity contribution >= 4 is 35.3 Å². The molecule has 32 heavy (non-hydrogen) atoms. The summed E-state index contributed by atoms with van der Waals surface area (Å²) in [4.78, 5) is 20.5. The predicted molar refractivity (Wildman–Crippen MR) is 127 cm³/mol. The third kappa shape index (κ3) is 6.28. The van der Waals surface area contributed by atoms with Crippen LogP contribution < -0.4 is 16.0 Å². The zero-order valence-electron chi connectivity index (χ0n) is 18.2. The molecule has 1 atom stereocenters. The van der Waals surface area contributed by atoms with Crippen molar-refractivity contribution in [3.8, 4) is 0 Å². The highest BCUT2D eigenvalue weighted by atomic mass is 19.1. The summed E-state index contributed by atoms with van der Waals surface area (Å²) in [6, 6.07) is 11.2. The van der Waals surface area contributed by atoms with Gasteiger partial charge in [0.2, 0.25) is 0 Å². The van der Waals surface area contributed by atoms with Crippen LogP contribution >= 0.6 is 0 Å². The van der Waals surface area contributed by atoms with Gasteiger partial charge in [0.25, 0.3) is 6.01 Å². The lowest BCUT2D eigenvalue weighted by molar-refractivity contribution is 0.262. The molecule has 1 heterocycles. The van der Waals surface area contributed by atoms with Crippen LogP contribution in [0.25, 0.3) is 0 Å². The number of aryl methyl sites for hydroxylation is 1. The fourth-order valence-corrected chi connectivity index (χ4v) is 2.90. The second-order valence-electron chi connectivity index (χ2n) is 7.17. The van der Waals surface area contributed by atoms with E-state index < -0.39 is 11.8 Å². The number of hydrogen-bond donors (Lipinski definition) is 3. The van der Waals surface area contributed by atoms with Crippen LogP contribution in [0.1, 0.15) is 30.6 Å². The molecule has 3 aromatic rings. The Balaban J connectivity index is 1.65. The van der Waals surface area contributed by atoms with Crippen LogP contribution in [-0.4, -0.2) is 24.3 Å². The van der Waals surface area contributed by atoms with Crippen LogP contribution in [0.3, 0.4) is 0 Å². The molecule has 0 aliphatic carbocycles. The van der Waals surface area contributed by atoms with E-state index in [0.717, 1.165) is 23.4 Å². The molecule has 3 N–H and O–H groups in total. The molecule has 0 saturated carbocycles. The van der Waals surface area contributed by atoms with Gasteiger partial charge in [-0.15, -0.1) is 0 Å². The summed E-state index contributed by atoms with van der Waals surface area (Å²) in [5.74, 6) is 0.295. The number of rotatable bonds is 8. The van der Waals surface area contributed by atoms with Gasteiger partial charge < -0.3 is 25.4 Å². The zero-order chi connectivity index (χ0) is 22.9. The van der Waals surface area contributed by atoms with E-state index in [1.54, 1.807) is 37.5 Å². The summed E-state index contributed by atoms with van der Waals surface area (Å²) >= 11 is 0. The Labute approximate surface area is 186 Å². The number of oxazole rings is 1. The molecule has 0 saturated heterocycles. The van der Waals surface area contributed by atoms with Crippen molar-refractivity contribution in [3.63, 3.8) is 0 Å². The second kappa shape index (κ2) is 10.9. The summed E-state index contributed by atoms with van der Waals surface area (Å²) in [5.41, 5.74) is 2.31. The maximum atomic E-state index is 13.7. The van der Waals surface area contributed by atoms with Crippen LogP contribution in [-0.2, 0) is 0 Å². The topological polar surface area (TPSA) is 91.5 Å². The lowest BCUT2D eigenvalue weighted by Gasteiger charge is -2.11. The first kappa shape index (κ1) is 22.7. The van der Waals surface area contributed by atoms with Gasteiger partial charge in [-0.2, -0.15) is 0 Å².